The first kappa shape index (κ1) is 14.0. The van der Waals surface area contributed by atoms with E-state index < -0.39 is 0 Å². The minimum Gasteiger partial charge on any atom is -0.378 e. The van der Waals surface area contributed by atoms with Gasteiger partial charge in [0.1, 0.15) is 0 Å². The highest BCUT2D eigenvalue weighted by Gasteiger charge is 2.19. The number of carbonyl (C=O) groups is 2. The van der Waals surface area contributed by atoms with E-state index >= 15 is 0 Å². The van der Waals surface area contributed by atoms with E-state index in [2.05, 4.69) is 0 Å². The van der Waals surface area contributed by atoms with E-state index in [0.717, 1.165) is 13.0 Å². The van der Waals surface area contributed by atoms with Crippen molar-refractivity contribution in [1.82, 2.24) is 9.80 Å². The SMILES string of the molecule is CCN(CCOCCN1CCCC1=O)C(C)=O. The molecule has 0 atom stereocenters. The molecule has 98 valence electrons. The molecule has 0 unspecified atom stereocenters. The molecule has 17 heavy (non-hydrogen) atoms. The molecule has 0 bridgehead atoms. The summed E-state index contributed by atoms with van der Waals surface area (Å²) in [5.74, 6) is 0.304. The van der Waals surface area contributed by atoms with Gasteiger partial charge in [0.25, 0.3) is 0 Å². The van der Waals surface area contributed by atoms with E-state index in [-0.39, 0.29) is 11.8 Å². The quantitative estimate of drug-likeness (QED) is 0.611. The zero-order valence-electron chi connectivity index (χ0n) is 10.8. The lowest BCUT2D eigenvalue weighted by molar-refractivity contribution is -0.129. The van der Waals surface area contributed by atoms with Crippen molar-refractivity contribution in [2.24, 2.45) is 0 Å². The summed E-state index contributed by atoms with van der Waals surface area (Å²) in [6.07, 6.45) is 1.64. The van der Waals surface area contributed by atoms with Crippen molar-refractivity contribution in [3.8, 4) is 0 Å². The number of amides is 2. The van der Waals surface area contributed by atoms with Crippen LogP contribution >= 0.6 is 0 Å². The third-order valence-electron chi connectivity index (χ3n) is 3.01. The van der Waals surface area contributed by atoms with E-state index in [9.17, 15) is 9.59 Å². The van der Waals surface area contributed by atoms with Gasteiger partial charge in [0, 0.05) is 39.5 Å². The maximum atomic E-state index is 11.3. The average Bonchev–Trinajstić information content (AvgIpc) is 2.69. The first-order valence-electron chi connectivity index (χ1n) is 6.26. The van der Waals surface area contributed by atoms with Crippen LogP contribution in [0.4, 0.5) is 0 Å². The van der Waals surface area contributed by atoms with Crippen LogP contribution in [-0.2, 0) is 14.3 Å². The molecule has 1 saturated heterocycles. The third kappa shape index (κ3) is 4.73. The Balaban J connectivity index is 2.04. The van der Waals surface area contributed by atoms with Gasteiger partial charge < -0.3 is 14.5 Å². The second kappa shape index (κ2) is 7.27. The van der Waals surface area contributed by atoms with Crippen molar-refractivity contribution in [2.45, 2.75) is 26.7 Å². The van der Waals surface area contributed by atoms with E-state index in [0.29, 0.717) is 39.3 Å². The van der Waals surface area contributed by atoms with Crippen LogP contribution in [-0.4, -0.2) is 61.0 Å². The van der Waals surface area contributed by atoms with E-state index in [4.69, 9.17) is 4.74 Å². The predicted molar refractivity (Wildman–Crippen MR) is 64.6 cm³/mol. The summed E-state index contributed by atoms with van der Waals surface area (Å²) in [7, 11) is 0. The van der Waals surface area contributed by atoms with E-state index in [1.807, 2.05) is 11.8 Å². The minimum atomic E-state index is 0.0748. The highest BCUT2D eigenvalue weighted by atomic mass is 16.5. The highest BCUT2D eigenvalue weighted by Crippen LogP contribution is 2.08. The van der Waals surface area contributed by atoms with Gasteiger partial charge in [-0.3, -0.25) is 9.59 Å². The predicted octanol–water partition coefficient (Wildman–Crippen LogP) is 0.494. The number of hydrogen-bond donors (Lipinski definition) is 0. The Hall–Kier alpha value is -1.10. The molecule has 0 aromatic carbocycles. The van der Waals surface area contributed by atoms with Gasteiger partial charge in [0.05, 0.1) is 13.2 Å². The zero-order chi connectivity index (χ0) is 12.7. The summed E-state index contributed by atoms with van der Waals surface area (Å²) in [6, 6.07) is 0. The Morgan fingerprint density at radius 1 is 1.47 bits per heavy atom. The standard InChI is InChI=1S/C12H22N2O3/c1-3-13(11(2)15)7-9-17-10-8-14-6-4-5-12(14)16/h3-10H2,1-2H3. The second-order valence-corrected chi connectivity index (χ2v) is 4.20. The minimum absolute atomic E-state index is 0.0748. The van der Waals surface area contributed by atoms with Crippen molar-refractivity contribution in [3.63, 3.8) is 0 Å². The molecule has 1 aliphatic heterocycles. The van der Waals surface area contributed by atoms with Gasteiger partial charge in [-0.05, 0) is 13.3 Å². The summed E-state index contributed by atoms with van der Waals surface area (Å²) in [4.78, 5) is 26.0. The monoisotopic (exact) mass is 242 g/mol. The molecular formula is C12H22N2O3. The lowest BCUT2D eigenvalue weighted by atomic mass is 10.4. The fraction of sp³-hybridized carbons (Fsp3) is 0.833. The second-order valence-electron chi connectivity index (χ2n) is 4.20. The Morgan fingerprint density at radius 3 is 2.76 bits per heavy atom. The van der Waals surface area contributed by atoms with Crippen LogP contribution in [0, 0.1) is 0 Å². The lowest BCUT2D eigenvalue weighted by Crippen LogP contribution is -2.33. The van der Waals surface area contributed by atoms with Crippen molar-refractivity contribution in [1.29, 1.82) is 0 Å². The zero-order valence-corrected chi connectivity index (χ0v) is 10.8. The highest BCUT2D eigenvalue weighted by molar-refractivity contribution is 5.78. The number of carbonyl (C=O) groups excluding carboxylic acids is 2. The normalized spacial score (nSPS) is 15.4. The van der Waals surface area contributed by atoms with Crippen LogP contribution in [0.15, 0.2) is 0 Å². The largest absolute Gasteiger partial charge is 0.378 e. The number of rotatable bonds is 7. The summed E-state index contributed by atoms with van der Waals surface area (Å²) >= 11 is 0. The molecule has 1 aliphatic rings. The first-order valence-corrected chi connectivity index (χ1v) is 6.26. The smallest absolute Gasteiger partial charge is 0.222 e. The van der Waals surface area contributed by atoms with Crippen LogP contribution in [0.3, 0.4) is 0 Å². The molecule has 0 aromatic rings. The van der Waals surface area contributed by atoms with Gasteiger partial charge in [-0.2, -0.15) is 0 Å². The molecule has 5 nitrogen and oxygen atoms in total. The van der Waals surface area contributed by atoms with Gasteiger partial charge >= 0.3 is 0 Å². The molecule has 0 aromatic heterocycles. The fourth-order valence-corrected chi connectivity index (χ4v) is 1.93. The van der Waals surface area contributed by atoms with Crippen molar-refractivity contribution in [3.05, 3.63) is 0 Å². The number of likely N-dealkylation sites (tertiary alicyclic amines) is 1. The van der Waals surface area contributed by atoms with Crippen molar-refractivity contribution < 1.29 is 14.3 Å². The molecule has 1 rings (SSSR count). The summed E-state index contributed by atoms with van der Waals surface area (Å²) in [6.45, 7) is 7.47. The van der Waals surface area contributed by atoms with Gasteiger partial charge in [0.2, 0.25) is 11.8 Å². The Morgan fingerprint density at radius 2 is 2.24 bits per heavy atom. The van der Waals surface area contributed by atoms with Crippen LogP contribution in [0.25, 0.3) is 0 Å². The number of likely N-dealkylation sites (N-methyl/N-ethyl adjacent to an activating group) is 1. The summed E-state index contributed by atoms with van der Waals surface area (Å²) in [5.41, 5.74) is 0. The molecule has 1 heterocycles. The van der Waals surface area contributed by atoms with Crippen LogP contribution in [0.5, 0.6) is 0 Å². The van der Waals surface area contributed by atoms with Gasteiger partial charge in [-0.15, -0.1) is 0 Å². The number of nitrogens with zero attached hydrogens (tertiary/aromatic N) is 2. The molecule has 0 spiro atoms. The van der Waals surface area contributed by atoms with Crippen LogP contribution in [0.2, 0.25) is 0 Å². The van der Waals surface area contributed by atoms with Gasteiger partial charge in [-0.25, -0.2) is 0 Å². The molecule has 0 saturated carbocycles. The summed E-state index contributed by atoms with van der Waals surface area (Å²) in [5, 5.41) is 0. The topological polar surface area (TPSA) is 49.9 Å². The average molecular weight is 242 g/mol. The Kier molecular flexibility index (Phi) is 5.97. The molecule has 5 heteroatoms. The molecule has 0 radical (unpaired) electrons. The summed E-state index contributed by atoms with van der Waals surface area (Å²) < 4.78 is 5.44. The van der Waals surface area contributed by atoms with E-state index in [1.165, 1.54) is 0 Å². The Labute approximate surface area is 103 Å². The van der Waals surface area contributed by atoms with Gasteiger partial charge in [0.15, 0.2) is 0 Å². The maximum Gasteiger partial charge on any atom is 0.222 e. The van der Waals surface area contributed by atoms with Crippen molar-refractivity contribution in [2.75, 3.05) is 39.4 Å². The number of ether oxygens (including phenoxy) is 1. The third-order valence-corrected chi connectivity index (χ3v) is 3.01. The number of hydrogen-bond acceptors (Lipinski definition) is 3. The lowest BCUT2D eigenvalue weighted by Gasteiger charge is -2.19. The van der Waals surface area contributed by atoms with Gasteiger partial charge in [-0.1, -0.05) is 0 Å². The maximum absolute atomic E-state index is 11.3. The molecule has 2 amide bonds. The van der Waals surface area contributed by atoms with Crippen LogP contribution < -0.4 is 0 Å². The molecule has 0 aliphatic carbocycles. The Bertz CT molecular complexity index is 264. The van der Waals surface area contributed by atoms with Crippen molar-refractivity contribution >= 4 is 11.8 Å². The fourth-order valence-electron chi connectivity index (χ4n) is 1.93. The van der Waals surface area contributed by atoms with Crippen LogP contribution in [0.1, 0.15) is 26.7 Å². The molecular weight excluding hydrogens is 220 g/mol. The first-order chi connectivity index (χ1) is 8.15. The molecule has 0 N–H and O–H groups in total. The van der Waals surface area contributed by atoms with E-state index in [1.54, 1.807) is 11.8 Å². The molecule has 1 fully saturated rings.